The predicted molar refractivity (Wildman–Crippen MR) is 92.0 cm³/mol. The van der Waals surface area contributed by atoms with Crippen LogP contribution in [-0.4, -0.2) is 72.6 Å². The van der Waals surface area contributed by atoms with Crippen LogP contribution in [0.3, 0.4) is 0 Å². The third-order valence-electron chi connectivity index (χ3n) is 4.70. The Kier molecular flexibility index (Phi) is 6.16. The SMILES string of the molecule is O=C(NCCC(=O)N1CCOCC1)C1CCN(c2ncccn2)CC1. The van der Waals surface area contributed by atoms with Crippen LogP contribution < -0.4 is 10.2 Å². The number of ether oxygens (including phenoxy) is 1. The van der Waals surface area contributed by atoms with Gasteiger partial charge in [-0.05, 0) is 18.9 Å². The van der Waals surface area contributed by atoms with Crippen LogP contribution >= 0.6 is 0 Å². The number of morpholine rings is 1. The molecule has 0 unspecified atom stereocenters. The van der Waals surface area contributed by atoms with E-state index in [1.165, 1.54) is 0 Å². The molecule has 2 saturated heterocycles. The number of piperidine rings is 1. The van der Waals surface area contributed by atoms with Crippen LogP contribution in [0, 0.1) is 5.92 Å². The Morgan fingerprint density at radius 3 is 2.48 bits per heavy atom. The van der Waals surface area contributed by atoms with Crippen molar-refractivity contribution in [3.05, 3.63) is 18.5 Å². The van der Waals surface area contributed by atoms with Gasteiger partial charge in [0.05, 0.1) is 13.2 Å². The van der Waals surface area contributed by atoms with E-state index in [2.05, 4.69) is 20.2 Å². The minimum Gasteiger partial charge on any atom is -0.378 e. The molecule has 0 atom stereocenters. The van der Waals surface area contributed by atoms with Crippen molar-refractivity contribution < 1.29 is 14.3 Å². The normalized spacial score (nSPS) is 18.9. The van der Waals surface area contributed by atoms with Crippen molar-refractivity contribution in [1.29, 1.82) is 0 Å². The highest BCUT2D eigenvalue weighted by molar-refractivity contribution is 5.80. The van der Waals surface area contributed by atoms with Crippen molar-refractivity contribution in [2.45, 2.75) is 19.3 Å². The van der Waals surface area contributed by atoms with Crippen LogP contribution in [0.15, 0.2) is 18.5 Å². The van der Waals surface area contributed by atoms with E-state index in [4.69, 9.17) is 4.74 Å². The number of rotatable bonds is 5. The second-order valence-electron chi connectivity index (χ2n) is 6.34. The van der Waals surface area contributed by atoms with Gasteiger partial charge in [-0.1, -0.05) is 0 Å². The average Bonchev–Trinajstić information content (AvgIpc) is 2.69. The molecule has 8 heteroatoms. The fourth-order valence-corrected chi connectivity index (χ4v) is 3.20. The molecule has 1 aromatic rings. The molecule has 8 nitrogen and oxygen atoms in total. The van der Waals surface area contributed by atoms with Crippen LogP contribution in [-0.2, 0) is 14.3 Å². The van der Waals surface area contributed by atoms with Gasteiger partial charge in [-0.3, -0.25) is 9.59 Å². The fraction of sp³-hybridized carbons (Fsp3) is 0.647. The Labute approximate surface area is 147 Å². The smallest absolute Gasteiger partial charge is 0.225 e. The summed E-state index contributed by atoms with van der Waals surface area (Å²) in [6.07, 6.45) is 5.37. The Morgan fingerprint density at radius 2 is 1.80 bits per heavy atom. The number of anilines is 1. The van der Waals surface area contributed by atoms with Crippen LogP contribution in [0.5, 0.6) is 0 Å². The van der Waals surface area contributed by atoms with E-state index >= 15 is 0 Å². The molecule has 1 N–H and O–H groups in total. The minimum absolute atomic E-state index is 0.00143. The van der Waals surface area contributed by atoms with Gasteiger partial charge in [0.15, 0.2) is 0 Å². The molecule has 1 aromatic heterocycles. The molecule has 0 spiro atoms. The van der Waals surface area contributed by atoms with Gasteiger partial charge in [-0.2, -0.15) is 0 Å². The summed E-state index contributed by atoms with van der Waals surface area (Å²) in [7, 11) is 0. The zero-order valence-corrected chi connectivity index (χ0v) is 14.4. The highest BCUT2D eigenvalue weighted by atomic mass is 16.5. The van der Waals surface area contributed by atoms with Gasteiger partial charge < -0.3 is 19.9 Å². The second kappa shape index (κ2) is 8.75. The first-order chi connectivity index (χ1) is 12.2. The standard InChI is InChI=1S/C17H25N5O3/c23-15(21-10-12-25-13-11-21)2-7-18-16(24)14-3-8-22(9-4-14)17-19-5-1-6-20-17/h1,5-6,14H,2-4,7-13H2,(H,18,24). The number of amides is 2. The molecule has 0 radical (unpaired) electrons. The summed E-state index contributed by atoms with van der Waals surface area (Å²) in [5.74, 6) is 0.846. The van der Waals surface area contributed by atoms with Gasteiger partial charge in [0.2, 0.25) is 17.8 Å². The van der Waals surface area contributed by atoms with E-state index in [-0.39, 0.29) is 17.7 Å². The van der Waals surface area contributed by atoms with Crippen LogP contribution in [0.25, 0.3) is 0 Å². The maximum atomic E-state index is 12.3. The molecule has 0 aromatic carbocycles. The number of nitrogens with one attached hydrogen (secondary N) is 1. The molecule has 2 fully saturated rings. The van der Waals surface area contributed by atoms with Gasteiger partial charge in [0.1, 0.15) is 0 Å². The van der Waals surface area contributed by atoms with Crippen molar-refractivity contribution in [1.82, 2.24) is 20.2 Å². The van der Waals surface area contributed by atoms with E-state index in [9.17, 15) is 9.59 Å². The van der Waals surface area contributed by atoms with Gasteiger partial charge in [-0.15, -0.1) is 0 Å². The van der Waals surface area contributed by atoms with Gasteiger partial charge in [-0.25, -0.2) is 9.97 Å². The van der Waals surface area contributed by atoms with Crippen LogP contribution in [0.1, 0.15) is 19.3 Å². The Bertz CT molecular complexity index is 569. The van der Waals surface area contributed by atoms with E-state index < -0.39 is 0 Å². The van der Waals surface area contributed by atoms with E-state index in [0.717, 1.165) is 31.9 Å². The zero-order valence-electron chi connectivity index (χ0n) is 14.4. The number of hydrogen-bond acceptors (Lipinski definition) is 6. The lowest BCUT2D eigenvalue weighted by molar-refractivity contribution is -0.135. The van der Waals surface area contributed by atoms with Crippen molar-refractivity contribution in [3.63, 3.8) is 0 Å². The minimum atomic E-state index is -0.00143. The molecule has 2 aliphatic heterocycles. The van der Waals surface area contributed by atoms with Crippen LogP contribution in [0.2, 0.25) is 0 Å². The molecular weight excluding hydrogens is 322 g/mol. The molecular formula is C17H25N5O3. The highest BCUT2D eigenvalue weighted by Crippen LogP contribution is 2.20. The maximum absolute atomic E-state index is 12.3. The lowest BCUT2D eigenvalue weighted by Crippen LogP contribution is -2.43. The highest BCUT2D eigenvalue weighted by Gasteiger charge is 2.26. The van der Waals surface area contributed by atoms with E-state index in [1.54, 1.807) is 23.4 Å². The molecule has 3 rings (SSSR count). The molecule has 25 heavy (non-hydrogen) atoms. The lowest BCUT2D eigenvalue weighted by atomic mass is 9.96. The summed E-state index contributed by atoms with van der Waals surface area (Å²) < 4.78 is 5.24. The monoisotopic (exact) mass is 347 g/mol. The molecule has 136 valence electrons. The number of carbonyl (C=O) groups excluding carboxylic acids is 2. The third-order valence-corrected chi connectivity index (χ3v) is 4.70. The predicted octanol–water partition coefficient (Wildman–Crippen LogP) is 0.0581. The zero-order chi connectivity index (χ0) is 17.5. The summed E-state index contributed by atoms with van der Waals surface area (Å²) in [6.45, 7) is 4.43. The summed E-state index contributed by atoms with van der Waals surface area (Å²) >= 11 is 0. The summed E-state index contributed by atoms with van der Waals surface area (Å²) in [5, 5.41) is 2.91. The average molecular weight is 347 g/mol. The summed E-state index contributed by atoms with van der Waals surface area (Å²) in [4.78, 5) is 36.7. The summed E-state index contributed by atoms with van der Waals surface area (Å²) in [6, 6.07) is 1.79. The number of aromatic nitrogens is 2. The van der Waals surface area contributed by atoms with Gasteiger partial charge in [0.25, 0.3) is 0 Å². The Hall–Kier alpha value is -2.22. The largest absolute Gasteiger partial charge is 0.378 e. The first kappa shape index (κ1) is 17.6. The van der Waals surface area contributed by atoms with Crippen LogP contribution in [0.4, 0.5) is 5.95 Å². The van der Waals surface area contributed by atoms with E-state index in [1.807, 2.05) is 0 Å². The molecule has 2 aliphatic rings. The van der Waals surface area contributed by atoms with E-state index in [0.29, 0.717) is 39.3 Å². The Balaban J connectivity index is 1.36. The number of nitrogens with zero attached hydrogens (tertiary/aromatic N) is 4. The molecule has 0 bridgehead atoms. The topological polar surface area (TPSA) is 87.7 Å². The number of hydrogen-bond donors (Lipinski definition) is 1. The second-order valence-corrected chi connectivity index (χ2v) is 6.34. The van der Waals surface area contributed by atoms with Crippen molar-refractivity contribution in [2.24, 2.45) is 5.92 Å². The van der Waals surface area contributed by atoms with Gasteiger partial charge in [0, 0.05) is 57.5 Å². The van der Waals surface area contributed by atoms with Gasteiger partial charge >= 0.3 is 0 Å². The first-order valence-corrected chi connectivity index (χ1v) is 8.89. The fourth-order valence-electron chi connectivity index (χ4n) is 3.20. The quantitative estimate of drug-likeness (QED) is 0.810. The maximum Gasteiger partial charge on any atom is 0.225 e. The van der Waals surface area contributed by atoms with Crippen molar-refractivity contribution >= 4 is 17.8 Å². The van der Waals surface area contributed by atoms with Crippen molar-refractivity contribution in [3.8, 4) is 0 Å². The third kappa shape index (κ3) is 4.88. The molecule has 3 heterocycles. The number of carbonyl (C=O) groups is 2. The van der Waals surface area contributed by atoms with Crippen molar-refractivity contribution in [2.75, 3.05) is 50.8 Å². The summed E-state index contributed by atoms with van der Waals surface area (Å²) in [5.41, 5.74) is 0. The molecule has 0 saturated carbocycles. The Morgan fingerprint density at radius 1 is 1.12 bits per heavy atom. The lowest BCUT2D eigenvalue weighted by Gasteiger charge is -2.31. The first-order valence-electron chi connectivity index (χ1n) is 8.89. The molecule has 2 amide bonds. The molecule has 0 aliphatic carbocycles.